The van der Waals surface area contributed by atoms with E-state index in [1.54, 1.807) is 21.3 Å². The van der Waals surface area contributed by atoms with E-state index in [1.807, 2.05) is 42.5 Å². The first-order chi connectivity index (χ1) is 11.7. The molecule has 0 aliphatic rings. The lowest BCUT2D eigenvalue weighted by molar-refractivity contribution is 0.0503. The number of rotatable bonds is 9. The largest absolute Gasteiger partial charge is 0.493 e. The summed E-state index contributed by atoms with van der Waals surface area (Å²) in [5, 5.41) is 9.86. The van der Waals surface area contributed by atoms with Gasteiger partial charge in [0.05, 0.1) is 20.8 Å². The van der Waals surface area contributed by atoms with Crippen LogP contribution < -0.4 is 14.2 Å². The number of aliphatic hydroxyl groups excluding tert-OH is 1. The number of aliphatic hydroxyl groups is 1. The first kappa shape index (κ1) is 18.1. The summed E-state index contributed by atoms with van der Waals surface area (Å²) in [6.45, 7) is 0.214. The van der Waals surface area contributed by atoms with Crippen molar-refractivity contribution in [2.45, 2.75) is 12.3 Å². The van der Waals surface area contributed by atoms with Crippen LogP contribution in [0.3, 0.4) is 0 Å². The fourth-order valence-corrected chi connectivity index (χ4v) is 2.60. The lowest BCUT2D eigenvalue weighted by Crippen LogP contribution is -2.10. The molecule has 0 saturated heterocycles. The minimum absolute atomic E-state index is 0.0219. The summed E-state index contributed by atoms with van der Waals surface area (Å²) in [4.78, 5) is 0. The molecule has 2 aromatic rings. The van der Waals surface area contributed by atoms with Gasteiger partial charge >= 0.3 is 0 Å². The van der Waals surface area contributed by atoms with E-state index in [4.69, 9.17) is 18.9 Å². The van der Waals surface area contributed by atoms with Gasteiger partial charge in [-0.2, -0.15) is 0 Å². The normalized spacial score (nSPS) is 11.8. The SMILES string of the molecule is COCOc1ccccc1CC(CO)c1ccc(OC)c(OC)c1. The zero-order chi connectivity index (χ0) is 17.4. The molecule has 0 saturated carbocycles. The summed E-state index contributed by atoms with van der Waals surface area (Å²) in [5.41, 5.74) is 2.00. The van der Waals surface area contributed by atoms with Crippen LogP contribution >= 0.6 is 0 Å². The standard InChI is InChI=1S/C19H24O5/c1-21-13-24-17-7-5-4-6-15(17)10-16(12-20)14-8-9-18(22-2)19(11-14)23-3/h4-9,11,16,20H,10,12-13H2,1-3H3. The molecule has 24 heavy (non-hydrogen) atoms. The molecular weight excluding hydrogens is 308 g/mol. The van der Waals surface area contributed by atoms with E-state index < -0.39 is 0 Å². The molecule has 0 aromatic heterocycles. The monoisotopic (exact) mass is 332 g/mol. The maximum Gasteiger partial charge on any atom is 0.188 e. The Labute approximate surface area is 142 Å². The van der Waals surface area contributed by atoms with Gasteiger partial charge in [-0.15, -0.1) is 0 Å². The zero-order valence-corrected chi connectivity index (χ0v) is 14.3. The molecule has 1 unspecified atom stereocenters. The molecule has 1 atom stereocenters. The molecular formula is C19H24O5. The number of hydrogen-bond acceptors (Lipinski definition) is 5. The maximum absolute atomic E-state index is 9.86. The molecule has 0 aliphatic carbocycles. The van der Waals surface area contributed by atoms with Crippen LogP contribution in [0.4, 0.5) is 0 Å². The Morgan fingerprint density at radius 2 is 1.67 bits per heavy atom. The molecule has 0 radical (unpaired) electrons. The minimum atomic E-state index is -0.0721. The summed E-state index contributed by atoms with van der Waals surface area (Å²) >= 11 is 0. The molecule has 0 aliphatic heterocycles. The second kappa shape index (κ2) is 9.15. The summed E-state index contributed by atoms with van der Waals surface area (Å²) in [6, 6.07) is 13.5. The molecule has 0 heterocycles. The van der Waals surface area contributed by atoms with Crippen molar-refractivity contribution in [3.8, 4) is 17.2 Å². The third-order valence-electron chi connectivity index (χ3n) is 3.87. The van der Waals surface area contributed by atoms with Gasteiger partial charge in [0, 0.05) is 13.0 Å². The van der Waals surface area contributed by atoms with Gasteiger partial charge in [-0.1, -0.05) is 24.3 Å². The van der Waals surface area contributed by atoms with Crippen LogP contribution in [0.15, 0.2) is 42.5 Å². The second-order valence-electron chi connectivity index (χ2n) is 5.36. The lowest BCUT2D eigenvalue weighted by atomic mass is 9.92. The van der Waals surface area contributed by atoms with Gasteiger partial charge in [-0.3, -0.25) is 0 Å². The average molecular weight is 332 g/mol. The summed E-state index contributed by atoms with van der Waals surface area (Å²) < 4.78 is 21.2. The van der Waals surface area contributed by atoms with Crippen molar-refractivity contribution in [2.75, 3.05) is 34.7 Å². The molecule has 0 bridgehead atoms. The highest BCUT2D eigenvalue weighted by molar-refractivity contribution is 5.45. The first-order valence-electron chi connectivity index (χ1n) is 7.75. The maximum atomic E-state index is 9.86. The van der Waals surface area contributed by atoms with Crippen LogP contribution in [0, 0.1) is 0 Å². The Balaban J connectivity index is 2.24. The van der Waals surface area contributed by atoms with Crippen molar-refractivity contribution < 1.29 is 24.1 Å². The van der Waals surface area contributed by atoms with E-state index in [9.17, 15) is 5.11 Å². The van der Waals surface area contributed by atoms with Crippen LogP contribution in [0.2, 0.25) is 0 Å². The molecule has 130 valence electrons. The number of methoxy groups -OCH3 is 3. The molecule has 0 spiro atoms. The van der Waals surface area contributed by atoms with E-state index >= 15 is 0 Å². The molecule has 0 amide bonds. The van der Waals surface area contributed by atoms with Crippen molar-refractivity contribution in [1.29, 1.82) is 0 Å². The van der Waals surface area contributed by atoms with Crippen LogP contribution in [-0.4, -0.2) is 39.8 Å². The Morgan fingerprint density at radius 3 is 2.33 bits per heavy atom. The van der Waals surface area contributed by atoms with Crippen molar-refractivity contribution >= 4 is 0 Å². The molecule has 2 rings (SSSR count). The Kier molecular flexibility index (Phi) is 6.90. The predicted molar refractivity (Wildman–Crippen MR) is 92.0 cm³/mol. The Morgan fingerprint density at radius 1 is 0.917 bits per heavy atom. The van der Waals surface area contributed by atoms with Crippen LogP contribution in [0.5, 0.6) is 17.2 Å². The fourth-order valence-electron chi connectivity index (χ4n) is 2.60. The highest BCUT2D eigenvalue weighted by atomic mass is 16.7. The van der Waals surface area contributed by atoms with Gasteiger partial charge in [0.2, 0.25) is 0 Å². The van der Waals surface area contributed by atoms with Crippen molar-refractivity contribution in [3.05, 3.63) is 53.6 Å². The highest BCUT2D eigenvalue weighted by Crippen LogP contribution is 2.33. The van der Waals surface area contributed by atoms with E-state index in [0.717, 1.165) is 16.9 Å². The van der Waals surface area contributed by atoms with E-state index in [0.29, 0.717) is 17.9 Å². The van der Waals surface area contributed by atoms with Crippen LogP contribution in [0.1, 0.15) is 17.0 Å². The minimum Gasteiger partial charge on any atom is -0.493 e. The lowest BCUT2D eigenvalue weighted by Gasteiger charge is -2.19. The summed E-state index contributed by atoms with van der Waals surface area (Å²) in [6.07, 6.45) is 0.645. The average Bonchev–Trinajstić information content (AvgIpc) is 2.64. The third kappa shape index (κ3) is 4.40. The van der Waals surface area contributed by atoms with E-state index in [2.05, 4.69) is 0 Å². The molecule has 5 heteroatoms. The van der Waals surface area contributed by atoms with Gasteiger partial charge in [-0.05, 0) is 35.7 Å². The van der Waals surface area contributed by atoms with E-state index in [1.165, 1.54) is 0 Å². The van der Waals surface area contributed by atoms with E-state index in [-0.39, 0.29) is 19.3 Å². The molecule has 0 fully saturated rings. The summed E-state index contributed by atoms with van der Waals surface area (Å²) in [7, 11) is 4.79. The van der Waals surface area contributed by atoms with Gasteiger partial charge in [0.25, 0.3) is 0 Å². The second-order valence-corrected chi connectivity index (χ2v) is 5.36. The zero-order valence-electron chi connectivity index (χ0n) is 14.3. The Bertz CT molecular complexity index is 641. The van der Waals surface area contributed by atoms with Crippen LogP contribution in [0.25, 0.3) is 0 Å². The van der Waals surface area contributed by atoms with Crippen LogP contribution in [-0.2, 0) is 11.2 Å². The number of ether oxygens (including phenoxy) is 4. The quantitative estimate of drug-likeness (QED) is 0.716. The summed E-state index contributed by atoms with van der Waals surface area (Å²) in [5.74, 6) is 2.01. The topological polar surface area (TPSA) is 57.2 Å². The predicted octanol–water partition coefficient (Wildman–Crippen LogP) is 3.01. The van der Waals surface area contributed by atoms with Gasteiger partial charge in [-0.25, -0.2) is 0 Å². The molecule has 1 N–H and O–H groups in total. The Hall–Kier alpha value is -2.24. The molecule has 2 aromatic carbocycles. The number of para-hydroxylation sites is 1. The van der Waals surface area contributed by atoms with Gasteiger partial charge < -0.3 is 24.1 Å². The third-order valence-corrected chi connectivity index (χ3v) is 3.87. The first-order valence-corrected chi connectivity index (χ1v) is 7.75. The van der Waals surface area contributed by atoms with Crippen molar-refractivity contribution in [2.24, 2.45) is 0 Å². The van der Waals surface area contributed by atoms with Crippen molar-refractivity contribution in [3.63, 3.8) is 0 Å². The number of hydrogen-bond donors (Lipinski definition) is 1. The van der Waals surface area contributed by atoms with Crippen molar-refractivity contribution in [1.82, 2.24) is 0 Å². The van der Waals surface area contributed by atoms with Gasteiger partial charge in [0.15, 0.2) is 18.3 Å². The fraction of sp³-hybridized carbons (Fsp3) is 0.368. The smallest absolute Gasteiger partial charge is 0.188 e. The molecule has 5 nitrogen and oxygen atoms in total. The highest BCUT2D eigenvalue weighted by Gasteiger charge is 2.16. The van der Waals surface area contributed by atoms with Gasteiger partial charge in [0.1, 0.15) is 5.75 Å². The number of benzene rings is 2.